The highest BCUT2D eigenvalue weighted by atomic mass is 79.9. The summed E-state index contributed by atoms with van der Waals surface area (Å²) in [7, 11) is 0. The van der Waals surface area contributed by atoms with E-state index >= 15 is 0 Å². The molecule has 110 valence electrons. The zero-order valence-electron chi connectivity index (χ0n) is 10.7. The molecule has 4 nitrogen and oxygen atoms in total. The van der Waals surface area contributed by atoms with Gasteiger partial charge >= 0.3 is 6.61 Å². The van der Waals surface area contributed by atoms with E-state index in [-0.39, 0.29) is 18.2 Å². The average Bonchev–Trinajstić information content (AvgIpc) is 2.46. The van der Waals surface area contributed by atoms with Crippen LogP contribution < -0.4 is 10.1 Å². The molecule has 21 heavy (non-hydrogen) atoms. The maximum Gasteiger partial charge on any atom is 0.387 e. The van der Waals surface area contributed by atoms with Crippen molar-refractivity contribution in [3.05, 3.63) is 58.3 Å². The summed E-state index contributed by atoms with van der Waals surface area (Å²) < 4.78 is 28.9. The molecule has 0 aliphatic heterocycles. The second-order valence-electron chi connectivity index (χ2n) is 4.07. The van der Waals surface area contributed by atoms with E-state index in [0.717, 1.165) is 5.56 Å². The summed E-state index contributed by atoms with van der Waals surface area (Å²) in [5, 5.41) is 2.71. The molecule has 0 bridgehead atoms. The summed E-state index contributed by atoms with van der Waals surface area (Å²) in [6.45, 7) is -2.57. The normalized spacial score (nSPS) is 10.5. The number of ether oxygens (including phenoxy) is 1. The van der Waals surface area contributed by atoms with Gasteiger partial charge in [-0.25, -0.2) is 4.98 Å². The molecule has 0 aliphatic rings. The quantitative estimate of drug-likeness (QED) is 0.835. The van der Waals surface area contributed by atoms with Gasteiger partial charge in [-0.05, 0) is 45.8 Å². The minimum Gasteiger partial charge on any atom is -0.435 e. The molecule has 0 saturated heterocycles. The van der Waals surface area contributed by atoms with E-state index in [0.29, 0.717) is 10.2 Å². The van der Waals surface area contributed by atoms with Crippen LogP contribution in [-0.4, -0.2) is 17.5 Å². The van der Waals surface area contributed by atoms with Crippen LogP contribution >= 0.6 is 15.9 Å². The largest absolute Gasteiger partial charge is 0.435 e. The monoisotopic (exact) mass is 356 g/mol. The Bertz CT molecular complexity index is 603. The number of benzene rings is 1. The fourth-order valence-corrected chi connectivity index (χ4v) is 1.82. The molecule has 1 aromatic carbocycles. The number of amides is 1. The van der Waals surface area contributed by atoms with Crippen LogP contribution in [0.3, 0.4) is 0 Å². The van der Waals surface area contributed by atoms with Crippen molar-refractivity contribution < 1.29 is 18.3 Å². The third-order valence-corrected chi connectivity index (χ3v) is 3.06. The molecule has 1 heterocycles. The van der Waals surface area contributed by atoms with Crippen LogP contribution in [0.1, 0.15) is 15.9 Å². The van der Waals surface area contributed by atoms with Gasteiger partial charge in [0, 0.05) is 12.7 Å². The number of nitrogens with zero attached hydrogens (tertiary/aromatic N) is 1. The summed E-state index contributed by atoms with van der Waals surface area (Å²) in [4.78, 5) is 15.8. The van der Waals surface area contributed by atoms with Crippen molar-refractivity contribution in [2.45, 2.75) is 13.2 Å². The van der Waals surface area contributed by atoms with Gasteiger partial charge in [-0.3, -0.25) is 4.79 Å². The van der Waals surface area contributed by atoms with Gasteiger partial charge in [0.15, 0.2) is 0 Å². The molecule has 1 aromatic heterocycles. The van der Waals surface area contributed by atoms with Crippen molar-refractivity contribution in [3.8, 4) is 5.75 Å². The highest BCUT2D eigenvalue weighted by Crippen LogP contribution is 2.15. The lowest BCUT2D eigenvalue weighted by Gasteiger charge is -2.07. The molecular formula is C14H11BrF2N2O2. The second kappa shape index (κ2) is 7.12. The third kappa shape index (κ3) is 4.78. The number of aromatic nitrogens is 1. The summed E-state index contributed by atoms with van der Waals surface area (Å²) >= 11 is 3.19. The van der Waals surface area contributed by atoms with Gasteiger partial charge in [-0.1, -0.05) is 12.1 Å². The average molecular weight is 357 g/mol. The van der Waals surface area contributed by atoms with Gasteiger partial charge < -0.3 is 10.1 Å². The third-order valence-electron chi connectivity index (χ3n) is 2.59. The van der Waals surface area contributed by atoms with E-state index in [9.17, 15) is 13.6 Å². The molecule has 2 rings (SSSR count). The van der Waals surface area contributed by atoms with Gasteiger partial charge in [0.05, 0.1) is 5.56 Å². The number of hydrogen-bond donors (Lipinski definition) is 1. The molecule has 0 radical (unpaired) electrons. The van der Waals surface area contributed by atoms with E-state index in [1.54, 1.807) is 24.3 Å². The molecule has 7 heteroatoms. The Morgan fingerprint density at radius 3 is 2.52 bits per heavy atom. The number of rotatable bonds is 5. The van der Waals surface area contributed by atoms with E-state index in [1.165, 1.54) is 18.3 Å². The minimum atomic E-state index is -2.85. The Hall–Kier alpha value is -2.02. The Balaban J connectivity index is 1.90. The lowest BCUT2D eigenvalue weighted by atomic mass is 10.2. The Morgan fingerprint density at radius 1 is 1.24 bits per heavy atom. The smallest absolute Gasteiger partial charge is 0.387 e. The molecule has 1 N–H and O–H groups in total. The van der Waals surface area contributed by atoms with Crippen molar-refractivity contribution in [3.63, 3.8) is 0 Å². The van der Waals surface area contributed by atoms with Crippen LogP contribution in [0.25, 0.3) is 0 Å². The molecule has 2 aromatic rings. The van der Waals surface area contributed by atoms with Crippen LogP contribution in [0, 0.1) is 0 Å². The standard InChI is InChI=1S/C14H11BrF2N2O2/c15-12-6-3-10(8-18-12)13(20)19-7-9-1-4-11(5-2-9)21-14(16)17/h1-6,8,14H,7H2,(H,19,20). The minimum absolute atomic E-state index is 0.0807. The van der Waals surface area contributed by atoms with Crippen LogP contribution in [0.5, 0.6) is 5.75 Å². The summed E-state index contributed by atoms with van der Waals surface area (Å²) in [5.41, 5.74) is 1.21. The van der Waals surface area contributed by atoms with Crippen molar-refractivity contribution in [1.82, 2.24) is 10.3 Å². The molecule has 0 spiro atoms. The van der Waals surface area contributed by atoms with Crippen molar-refractivity contribution >= 4 is 21.8 Å². The molecular weight excluding hydrogens is 346 g/mol. The van der Waals surface area contributed by atoms with Crippen molar-refractivity contribution in [2.75, 3.05) is 0 Å². The SMILES string of the molecule is O=C(NCc1ccc(OC(F)F)cc1)c1ccc(Br)nc1. The highest BCUT2D eigenvalue weighted by Gasteiger charge is 2.07. The van der Waals surface area contributed by atoms with Crippen LogP contribution in [0.2, 0.25) is 0 Å². The topological polar surface area (TPSA) is 51.2 Å². The number of nitrogens with one attached hydrogen (secondary N) is 1. The first-order chi connectivity index (χ1) is 10.0. The van der Waals surface area contributed by atoms with Gasteiger partial charge in [0.1, 0.15) is 10.4 Å². The molecule has 0 unspecified atom stereocenters. The van der Waals surface area contributed by atoms with Crippen LogP contribution in [-0.2, 0) is 6.54 Å². The molecule has 1 amide bonds. The first-order valence-corrected chi connectivity index (χ1v) is 6.77. The second-order valence-corrected chi connectivity index (χ2v) is 4.89. The fourth-order valence-electron chi connectivity index (χ4n) is 1.58. The summed E-state index contributed by atoms with van der Waals surface area (Å²) in [6.07, 6.45) is 1.46. The lowest BCUT2D eigenvalue weighted by Crippen LogP contribution is -2.22. The molecule has 0 atom stereocenters. The van der Waals surface area contributed by atoms with Gasteiger partial charge in [-0.15, -0.1) is 0 Å². The van der Waals surface area contributed by atoms with Gasteiger partial charge in [0.25, 0.3) is 5.91 Å². The fraction of sp³-hybridized carbons (Fsp3) is 0.143. The molecule has 0 saturated carbocycles. The predicted octanol–water partition coefficient (Wildman–Crippen LogP) is 3.38. The van der Waals surface area contributed by atoms with Crippen LogP contribution in [0.4, 0.5) is 8.78 Å². The summed E-state index contributed by atoms with van der Waals surface area (Å²) in [5.74, 6) is -0.180. The van der Waals surface area contributed by atoms with E-state index < -0.39 is 6.61 Å². The maximum atomic E-state index is 12.0. The Kier molecular flexibility index (Phi) is 5.21. The number of pyridine rings is 1. The predicted molar refractivity (Wildman–Crippen MR) is 76.2 cm³/mol. The van der Waals surface area contributed by atoms with Gasteiger partial charge in [-0.2, -0.15) is 8.78 Å². The lowest BCUT2D eigenvalue weighted by molar-refractivity contribution is -0.0498. The van der Waals surface area contributed by atoms with E-state index in [2.05, 4.69) is 31.0 Å². The maximum absolute atomic E-state index is 12.0. The first kappa shape index (κ1) is 15.4. The van der Waals surface area contributed by atoms with E-state index in [1.807, 2.05) is 0 Å². The summed E-state index contributed by atoms with van der Waals surface area (Å²) in [6, 6.07) is 9.39. The number of alkyl halides is 2. The molecule has 0 fully saturated rings. The number of hydrogen-bond acceptors (Lipinski definition) is 3. The number of halogens is 3. The van der Waals surface area contributed by atoms with Crippen molar-refractivity contribution in [2.24, 2.45) is 0 Å². The van der Waals surface area contributed by atoms with Crippen molar-refractivity contribution in [1.29, 1.82) is 0 Å². The zero-order valence-corrected chi connectivity index (χ0v) is 12.3. The van der Waals surface area contributed by atoms with E-state index in [4.69, 9.17) is 0 Å². The Morgan fingerprint density at radius 2 is 1.95 bits per heavy atom. The zero-order chi connectivity index (χ0) is 15.2. The van der Waals surface area contributed by atoms with Gasteiger partial charge in [0.2, 0.25) is 0 Å². The Labute approximate surface area is 128 Å². The van der Waals surface area contributed by atoms with Crippen LogP contribution in [0.15, 0.2) is 47.2 Å². The highest BCUT2D eigenvalue weighted by molar-refractivity contribution is 9.10. The number of carbonyl (C=O) groups is 1. The number of carbonyl (C=O) groups excluding carboxylic acids is 1. The molecule has 0 aliphatic carbocycles. The first-order valence-electron chi connectivity index (χ1n) is 5.98.